The third-order valence-corrected chi connectivity index (χ3v) is 11.7. The molecule has 0 aromatic heterocycles. The Balaban J connectivity index is 4.70. The van der Waals surface area contributed by atoms with Crippen LogP contribution in [0.5, 0.6) is 0 Å². The summed E-state index contributed by atoms with van der Waals surface area (Å²) in [4.78, 5) is 28.4. The number of allylic oxidation sites excluding steroid dienone is 1. The molecular formula is C50H97NO4. The van der Waals surface area contributed by atoms with Crippen molar-refractivity contribution in [1.29, 1.82) is 0 Å². The van der Waals surface area contributed by atoms with Crippen LogP contribution in [0.2, 0.25) is 0 Å². The summed E-state index contributed by atoms with van der Waals surface area (Å²) in [6.45, 7) is 6.38. The van der Waals surface area contributed by atoms with Crippen LogP contribution in [0.15, 0.2) is 12.2 Å². The van der Waals surface area contributed by atoms with Gasteiger partial charge >= 0.3 is 0 Å². The molecule has 2 N–H and O–H groups in total. The number of carbonyl (C=O) groups is 2. The summed E-state index contributed by atoms with van der Waals surface area (Å²) in [5, 5.41) is 21.5. The van der Waals surface area contributed by atoms with E-state index in [1.54, 1.807) is 6.08 Å². The van der Waals surface area contributed by atoms with E-state index in [1.165, 1.54) is 198 Å². The highest BCUT2D eigenvalue weighted by atomic mass is 16.3. The minimum Gasteiger partial charge on any atom is -0.394 e. The first-order valence-corrected chi connectivity index (χ1v) is 24.8. The largest absolute Gasteiger partial charge is 0.394 e. The van der Waals surface area contributed by atoms with Crippen LogP contribution in [0.3, 0.4) is 0 Å². The van der Waals surface area contributed by atoms with Gasteiger partial charge in [-0.2, -0.15) is 0 Å². The maximum atomic E-state index is 13.6. The summed E-state index contributed by atoms with van der Waals surface area (Å²) in [6.07, 6.45) is 50.6. The van der Waals surface area contributed by atoms with Gasteiger partial charge in [-0.25, -0.2) is 0 Å². The summed E-state index contributed by atoms with van der Waals surface area (Å²) < 4.78 is 0. The maximum Gasteiger partial charge on any atom is 0.229 e. The van der Waals surface area contributed by atoms with Crippen molar-refractivity contribution in [1.82, 2.24) is 4.90 Å². The molecule has 5 heteroatoms. The molecule has 0 saturated carbocycles. The zero-order valence-corrected chi connectivity index (χ0v) is 37.5. The summed E-state index contributed by atoms with van der Waals surface area (Å²) in [5.41, 5.74) is 0. The van der Waals surface area contributed by atoms with Crippen LogP contribution in [0.1, 0.15) is 278 Å². The first-order chi connectivity index (χ1) is 27.0. The molecule has 5 nitrogen and oxygen atoms in total. The van der Waals surface area contributed by atoms with Crippen molar-refractivity contribution >= 4 is 11.8 Å². The number of hydrogen-bond acceptors (Lipinski definition) is 4. The van der Waals surface area contributed by atoms with Crippen molar-refractivity contribution < 1.29 is 19.8 Å². The molecule has 2 atom stereocenters. The second-order valence-electron chi connectivity index (χ2n) is 17.1. The van der Waals surface area contributed by atoms with Crippen molar-refractivity contribution in [2.75, 3.05) is 6.61 Å². The van der Waals surface area contributed by atoms with Gasteiger partial charge in [0.05, 0.1) is 18.8 Å². The molecular weight excluding hydrogens is 679 g/mol. The molecule has 0 heterocycles. The van der Waals surface area contributed by atoms with Gasteiger partial charge in [0.15, 0.2) is 0 Å². The fraction of sp³-hybridized carbons (Fsp3) is 0.920. The van der Waals surface area contributed by atoms with Crippen LogP contribution in [-0.4, -0.2) is 45.7 Å². The molecule has 0 spiro atoms. The van der Waals surface area contributed by atoms with Gasteiger partial charge in [0.1, 0.15) is 0 Å². The van der Waals surface area contributed by atoms with E-state index in [9.17, 15) is 19.8 Å². The molecule has 326 valence electrons. The third-order valence-electron chi connectivity index (χ3n) is 11.7. The summed E-state index contributed by atoms with van der Waals surface area (Å²) in [7, 11) is 0. The molecule has 0 unspecified atom stereocenters. The first kappa shape index (κ1) is 53.8. The van der Waals surface area contributed by atoms with Gasteiger partial charge in [0.2, 0.25) is 11.8 Å². The lowest BCUT2D eigenvalue weighted by atomic mass is 10.0. The lowest BCUT2D eigenvalue weighted by Crippen LogP contribution is -2.51. The highest BCUT2D eigenvalue weighted by molar-refractivity contribution is 5.95. The van der Waals surface area contributed by atoms with E-state index in [2.05, 4.69) is 20.8 Å². The van der Waals surface area contributed by atoms with Crippen LogP contribution in [0.25, 0.3) is 0 Å². The van der Waals surface area contributed by atoms with E-state index in [-0.39, 0.29) is 11.8 Å². The number of amides is 2. The van der Waals surface area contributed by atoms with Gasteiger partial charge in [-0.15, -0.1) is 0 Å². The molecule has 0 bridgehead atoms. The number of nitrogens with zero attached hydrogens (tertiary/aromatic N) is 1. The van der Waals surface area contributed by atoms with E-state index in [0.29, 0.717) is 12.8 Å². The molecule has 0 aliphatic heterocycles. The van der Waals surface area contributed by atoms with E-state index in [4.69, 9.17) is 0 Å². The van der Waals surface area contributed by atoms with Crippen LogP contribution < -0.4 is 0 Å². The van der Waals surface area contributed by atoms with E-state index in [1.807, 2.05) is 6.08 Å². The second kappa shape index (κ2) is 43.9. The topological polar surface area (TPSA) is 77.8 Å². The van der Waals surface area contributed by atoms with Crippen LogP contribution in [0, 0.1) is 0 Å². The zero-order valence-electron chi connectivity index (χ0n) is 37.5. The lowest BCUT2D eigenvalue weighted by Gasteiger charge is -2.31. The standard InChI is InChI=1S/C50H97NO4/c1-4-7-10-13-16-19-22-25-28-31-34-37-40-43-48(53)47(46-52)51(49(54)44-41-38-35-32-29-26-23-20-17-14-11-8-5-2)50(55)45-42-39-36-33-30-27-24-21-18-15-12-9-6-3/h40,43,47-48,52-53H,4-39,41-42,44-46H2,1-3H3/b43-40+/t47-,48-/m1/s1. The Bertz CT molecular complexity index is 787. The molecule has 2 amide bonds. The molecule has 0 aromatic carbocycles. The first-order valence-electron chi connectivity index (χ1n) is 24.8. The summed E-state index contributed by atoms with van der Waals surface area (Å²) in [6, 6.07) is -0.919. The van der Waals surface area contributed by atoms with Crippen LogP contribution in [-0.2, 0) is 9.59 Å². The average molecular weight is 776 g/mol. The Kier molecular flexibility index (Phi) is 43.0. The third kappa shape index (κ3) is 35.7. The van der Waals surface area contributed by atoms with Crippen LogP contribution >= 0.6 is 0 Å². The highest BCUT2D eigenvalue weighted by Gasteiger charge is 2.32. The van der Waals surface area contributed by atoms with Crippen molar-refractivity contribution in [3.05, 3.63) is 12.2 Å². The molecule has 0 aromatic rings. The maximum absolute atomic E-state index is 13.6. The number of carbonyl (C=O) groups excluding carboxylic acids is 2. The fourth-order valence-electron chi connectivity index (χ4n) is 7.97. The van der Waals surface area contributed by atoms with Gasteiger partial charge < -0.3 is 10.2 Å². The number of aliphatic hydroxyl groups is 2. The quantitative estimate of drug-likeness (QED) is 0.0477. The van der Waals surface area contributed by atoms with Gasteiger partial charge in [-0.05, 0) is 25.7 Å². The Labute approximate surface area is 344 Å². The SMILES string of the molecule is CCCCCCCCCCCCC/C=C/[C@@H](O)[C@@H](CO)N(C(=O)CCCCCCCCCCCCCCC)C(=O)CCCCCCCCCCCCCCC. The van der Waals surface area contributed by atoms with Crippen molar-refractivity contribution in [2.24, 2.45) is 0 Å². The van der Waals surface area contributed by atoms with E-state index < -0.39 is 18.8 Å². The molecule has 0 radical (unpaired) electrons. The minimum atomic E-state index is -1.05. The van der Waals surface area contributed by atoms with E-state index >= 15 is 0 Å². The highest BCUT2D eigenvalue weighted by Crippen LogP contribution is 2.19. The number of imide groups is 1. The molecule has 55 heavy (non-hydrogen) atoms. The summed E-state index contributed by atoms with van der Waals surface area (Å²) >= 11 is 0. The molecule has 0 aliphatic carbocycles. The zero-order chi connectivity index (χ0) is 40.3. The molecule has 0 saturated heterocycles. The Morgan fingerprint density at radius 1 is 0.418 bits per heavy atom. The van der Waals surface area contributed by atoms with Gasteiger partial charge in [-0.3, -0.25) is 14.5 Å². The van der Waals surface area contributed by atoms with Gasteiger partial charge in [0.25, 0.3) is 0 Å². The number of hydrogen-bond donors (Lipinski definition) is 2. The molecule has 0 rings (SSSR count). The monoisotopic (exact) mass is 776 g/mol. The average Bonchev–Trinajstić information content (AvgIpc) is 3.18. The molecule has 0 aliphatic rings. The minimum absolute atomic E-state index is 0.236. The Hall–Kier alpha value is -1.20. The van der Waals surface area contributed by atoms with Crippen molar-refractivity contribution in [3.63, 3.8) is 0 Å². The number of aliphatic hydroxyl groups excluding tert-OH is 2. The van der Waals surface area contributed by atoms with Crippen LogP contribution in [0.4, 0.5) is 0 Å². The van der Waals surface area contributed by atoms with Gasteiger partial charge in [-0.1, -0.05) is 251 Å². The van der Waals surface area contributed by atoms with Crippen molar-refractivity contribution in [2.45, 2.75) is 290 Å². The number of unbranched alkanes of at least 4 members (excludes halogenated alkanes) is 35. The predicted octanol–water partition coefficient (Wildman–Crippen LogP) is 15.3. The Morgan fingerprint density at radius 2 is 0.673 bits per heavy atom. The van der Waals surface area contributed by atoms with E-state index in [0.717, 1.165) is 51.4 Å². The smallest absolute Gasteiger partial charge is 0.229 e. The predicted molar refractivity (Wildman–Crippen MR) is 240 cm³/mol. The number of rotatable bonds is 44. The fourth-order valence-corrected chi connectivity index (χ4v) is 7.97. The van der Waals surface area contributed by atoms with Crippen molar-refractivity contribution in [3.8, 4) is 0 Å². The lowest BCUT2D eigenvalue weighted by molar-refractivity contribution is -0.151. The van der Waals surface area contributed by atoms with Gasteiger partial charge in [0, 0.05) is 12.8 Å². The molecule has 0 fully saturated rings. The second-order valence-corrected chi connectivity index (χ2v) is 17.1. The normalized spacial score (nSPS) is 12.8. The summed E-state index contributed by atoms with van der Waals surface area (Å²) in [5.74, 6) is -0.473. The Morgan fingerprint density at radius 3 is 0.945 bits per heavy atom.